The largest absolute Gasteiger partial charge is 0.480 e. The summed E-state index contributed by atoms with van der Waals surface area (Å²) in [6.07, 6.45) is 1.28. The van der Waals surface area contributed by atoms with E-state index < -0.39 is 12.0 Å². The Bertz CT molecular complexity index is 511. The molecule has 0 radical (unpaired) electrons. The quantitative estimate of drug-likeness (QED) is 0.895. The summed E-state index contributed by atoms with van der Waals surface area (Å²) in [5.74, 6) is -0.446. The van der Waals surface area contributed by atoms with Gasteiger partial charge in [-0.1, -0.05) is 38.1 Å². The lowest BCUT2D eigenvalue weighted by molar-refractivity contribution is -0.141. The standard InChI is InChI=1S/C16H22N2O3/c1-11(2)13-7-5-12(6-8-13)10-17-16(21)18-9-3-4-14(18)15(19)20/h5-8,11,14H,3-4,9-10H2,1-2H3,(H,17,21)(H,19,20)/t14-/m1/s1. The van der Waals surface area contributed by atoms with Crippen molar-refractivity contribution >= 4 is 12.0 Å². The van der Waals surface area contributed by atoms with Crippen LogP contribution >= 0.6 is 0 Å². The Hall–Kier alpha value is -2.04. The van der Waals surface area contributed by atoms with Crippen LogP contribution in [0.4, 0.5) is 4.79 Å². The number of likely N-dealkylation sites (tertiary alicyclic amines) is 1. The minimum Gasteiger partial charge on any atom is -0.480 e. The molecule has 0 aromatic heterocycles. The lowest BCUT2D eigenvalue weighted by Gasteiger charge is -2.21. The van der Waals surface area contributed by atoms with Crippen molar-refractivity contribution in [1.29, 1.82) is 0 Å². The van der Waals surface area contributed by atoms with Crippen LogP contribution in [0.25, 0.3) is 0 Å². The molecular formula is C16H22N2O3. The number of hydrogen-bond donors (Lipinski definition) is 2. The van der Waals surface area contributed by atoms with E-state index >= 15 is 0 Å². The zero-order chi connectivity index (χ0) is 15.4. The van der Waals surface area contributed by atoms with Crippen molar-refractivity contribution in [3.8, 4) is 0 Å². The molecule has 5 heteroatoms. The molecule has 0 bridgehead atoms. The number of carbonyl (C=O) groups is 2. The molecule has 1 atom stereocenters. The van der Waals surface area contributed by atoms with Crippen LogP contribution in [0.1, 0.15) is 43.7 Å². The zero-order valence-corrected chi connectivity index (χ0v) is 12.5. The van der Waals surface area contributed by atoms with Gasteiger partial charge in [0.15, 0.2) is 0 Å². The molecule has 5 nitrogen and oxygen atoms in total. The van der Waals surface area contributed by atoms with Crippen LogP contribution in [0.5, 0.6) is 0 Å². The first-order valence-corrected chi connectivity index (χ1v) is 7.35. The molecule has 1 fully saturated rings. The van der Waals surface area contributed by atoms with Gasteiger partial charge in [-0.3, -0.25) is 0 Å². The molecule has 0 saturated carbocycles. The summed E-state index contributed by atoms with van der Waals surface area (Å²) in [5.41, 5.74) is 2.27. The van der Waals surface area contributed by atoms with Gasteiger partial charge in [-0.25, -0.2) is 9.59 Å². The average molecular weight is 290 g/mol. The van der Waals surface area contributed by atoms with Gasteiger partial charge in [-0.2, -0.15) is 0 Å². The molecule has 1 heterocycles. The van der Waals surface area contributed by atoms with Crippen molar-refractivity contribution in [2.24, 2.45) is 0 Å². The second kappa shape index (κ2) is 6.61. The number of carbonyl (C=O) groups excluding carboxylic acids is 1. The van der Waals surface area contributed by atoms with E-state index in [1.807, 2.05) is 12.1 Å². The number of nitrogens with zero attached hydrogens (tertiary/aromatic N) is 1. The summed E-state index contributed by atoms with van der Waals surface area (Å²) < 4.78 is 0. The highest BCUT2D eigenvalue weighted by atomic mass is 16.4. The van der Waals surface area contributed by atoms with Crippen LogP contribution in [-0.4, -0.2) is 34.6 Å². The molecule has 1 aliphatic heterocycles. The Balaban J connectivity index is 1.90. The highest BCUT2D eigenvalue weighted by Crippen LogP contribution is 2.18. The Kier molecular flexibility index (Phi) is 4.83. The molecule has 0 spiro atoms. The van der Waals surface area contributed by atoms with Crippen molar-refractivity contribution in [1.82, 2.24) is 10.2 Å². The lowest BCUT2D eigenvalue weighted by atomic mass is 10.0. The van der Waals surface area contributed by atoms with E-state index in [1.54, 1.807) is 0 Å². The number of nitrogens with one attached hydrogen (secondary N) is 1. The molecule has 0 unspecified atom stereocenters. The molecule has 2 rings (SSSR count). The van der Waals surface area contributed by atoms with Crippen LogP contribution in [-0.2, 0) is 11.3 Å². The van der Waals surface area contributed by atoms with Crippen molar-refractivity contribution in [2.75, 3.05) is 6.54 Å². The smallest absolute Gasteiger partial charge is 0.326 e. The summed E-state index contributed by atoms with van der Waals surface area (Å²) in [6, 6.07) is 7.12. The molecule has 1 aromatic carbocycles. The molecule has 114 valence electrons. The monoisotopic (exact) mass is 290 g/mol. The number of benzene rings is 1. The summed E-state index contributed by atoms with van der Waals surface area (Å²) in [7, 11) is 0. The fourth-order valence-electron chi connectivity index (χ4n) is 2.57. The number of aliphatic carboxylic acids is 1. The zero-order valence-electron chi connectivity index (χ0n) is 12.5. The highest BCUT2D eigenvalue weighted by molar-refractivity contribution is 5.83. The minimum atomic E-state index is -0.927. The second-order valence-corrected chi connectivity index (χ2v) is 5.74. The number of rotatable bonds is 4. The molecule has 21 heavy (non-hydrogen) atoms. The Morgan fingerprint density at radius 2 is 2.00 bits per heavy atom. The van der Waals surface area contributed by atoms with Gasteiger partial charge in [0.05, 0.1) is 0 Å². The maximum atomic E-state index is 12.1. The van der Waals surface area contributed by atoms with E-state index in [2.05, 4.69) is 31.3 Å². The number of carboxylic acids is 1. The van der Waals surface area contributed by atoms with E-state index in [0.717, 1.165) is 12.0 Å². The predicted molar refractivity (Wildman–Crippen MR) is 80.1 cm³/mol. The van der Waals surface area contributed by atoms with Crippen LogP contribution in [0, 0.1) is 0 Å². The third-order valence-electron chi connectivity index (χ3n) is 3.89. The maximum absolute atomic E-state index is 12.1. The normalized spacial score (nSPS) is 18.0. The van der Waals surface area contributed by atoms with E-state index in [1.165, 1.54) is 10.5 Å². The van der Waals surface area contributed by atoms with Crippen LogP contribution in [0.2, 0.25) is 0 Å². The van der Waals surface area contributed by atoms with Crippen molar-refractivity contribution in [3.63, 3.8) is 0 Å². The predicted octanol–water partition coefficient (Wildman–Crippen LogP) is 2.57. The molecule has 0 aliphatic carbocycles. The summed E-state index contributed by atoms with van der Waals surface area (Å²) >= 11 is 0. The van der Waals surface area contributed by atoms with Gasteiger partial charge >= 0.3 is 12.0 Å². The molecule has 2 N–H and O–H groups in total. The van der Waals surface area contributed by atoms with Gasteiger partial charge in [0.1, 0.15) is 6.04 Å². The fraction of sp³-hybridized carbons (Fsp3) is 0.500. The Labute approximate surface area is 125 Å². The third kappa shape index (κ3) is 3.74. The topological polar surface area (TPSA) is 69.6 Å². The Morgan fingerprint density at radius 3 is 2.57 bits per heavy atom. The SMILES string of the molecule is CC(C)c1ccc(CNC(=O)N2CCC[C@@H]2C(=O)O)cc1. The number of carboxylic acid groups (broad SMARTS) is 1. The average Bonchev–Trinajstić information content (AvgIpc) is 2.95. The van der Waals surface area contributed by atoms with Crippen LogP contribution in [0.15, 0.2) is 24.3 Å². The number of hydrogen-bond acceptors (Lipinski definition) is 2. The van der Waals surface area contributed by atoms with Crippen LogP contribution in [0.3, 0.4) is 0 Å². The minimum absolute atomic E-state index is 0.298. The summed E-state index contributed by atoms with van der Waals surface area (Å²) in [6.45, 7) is 5.20. The fourth-order valence-corrected chi connectivity index (χ4v) is 2.57. The van der Waals surface area contributed by atoms with Gasteiger partial charge in [0.25, 0.3) is 0 Å². The molecule has 1 saturated heterocycles. The van der Waals surface area contributed by atoms with Crippen molar-refractivity contribution in [3.05, 3.63) is 35.4 Å². The summed E-state index contributed by atoms with van der Waals surface area (Å²) in [4.78, 5) is 24.5. The highest BCUT2D eigenvalue weighted by Gasteiger charge is 2.33. The van der Waals surface area contributed by atoms with E-state index in [4.69, 9.17) is 5.11 Å². The molecule has 2 amide bonds. The van der Waals surface area contributed by atoms with Crippen molar-refractivity contribution < 1.29 is 14.7 Å². The Morgan fingerprint density at radius 1 is 1.33 bits per heavy atom. The number of urea groups is 1. The molecule has 1 aliphatic rings. The first-order valence-electron chi connectivity index (χ1n) is 7.35. The lowest BCUT2D eigenvalue weighted by Crippen LogP contribution is -2.45. The maximum Gasteiger partial charge on any atom is 0.326 e. The third-order valence-corrected chi connectivity index (χ3v) is 3.89. The first kappa shape index (κ1) is 15.4. The first-order chi connectivity index (χ1) is 9.99. The van der Waals surface area contributed by atoms with E-state index in [0.29, 0.717) is 25.4 Å². The van der Waals surface area contributed by atoms with Gasteiger partial charge in [-0.05, 0) is 29.9 Å². The molecule has 1 aromatic rings. The number of amides is 2. The second-order valence-electron chi connectivity index (χ2n) is 5.74. The van der Waals surface area contributed by atoms with Gasteiger partial charge < -0.3 is 15.3 Å². The van der Waals surface area contributed by atoms with E-state index in [9.17, 15) is 9.59 Å². The van der Waals surface area contributed by atoms with Gasteiger partial charge in [0, 0.05) is 13.1 Å². The van der Waals surface area contributed by atoms with Crippen LogP contribution < -0.4 is 5.32 Å². The summed E-state index contributed by atoms with van der Waals surface area (Å²) in [5, 5.41) is 11.9. The van der Waals surface area contributed by atoms with Gasteiger partial charge in [0.2, 0.25) is 0 Å². The molecular weight excluding hydrogens is 268 g/mol. The van der Waals surface area contributed by atoms with Crippen molar-refractivity contribution in [2.45, 2.75) is 45.2 Å². The van der Waals surface area contributed by atoms with E-state index in [-0.39, 0.29) is 6.03 Å². The van der Waals surface area contributed by atoms with Gasteiger partial charge in [-0.15, -0.1) is 0 Å².